The summed E-state index contributed by atoms with van der Waals surface area (Å²) in [5, 5.41) is 7.11. The van der Waals surface area contributed by atoms with Crippen LogP contribution in [0.25, 0.3) is 0 Å². The molecule has 2 aromatic heterocycles. The van der Waals surface area contributed by atoms with Crippen LogP contribution in [-0.4, -0.2) is 22.2 Å². The van der Waals surface area contributed by atoms with Crippen LogP contribution in [0.4, 0.5) is 0 Å². The van der Waals surface area contributed by atoms with Crippen LogP contribution in [0.15, 0.2) is 29.0 Å². The molecule has 90 valence electrons. The van der Waals surface area contributed by atoms with E-state index in [1.165, 1.54) is 0 Å². The second kappa shape index (κ2) is 5.54. The summed E-state index contributed by atoms with van der Waals surface area (Å²) in [5.41, 5.74) is 1.08. The summed E-state index contributed by atoms with van der Waals surface area (Å²) >= 11 is 0. The molecule has 2 aromatic rings. The molecule has 0 radical (unpaired) electrons. The summed E-state index contributed by atoms with van der Waals surface area (Å²) in [6.07, 6.45) is 5.13. The maximum Gasteiger partial charge on any atom is 0.243 e. The number of nitrogens with one attached hydrogen (secondary N) is 1. The van der Waals surface area contributed by atoms with E-state index >= 15 is 0 Å². The maximum atomic E-state index is 5.24. The minimum atomic E-state index is 0.130. The molecule has 0 aromatic carbocycles. The number of pyridine rings is 1. The topological polar surface area (TPSA) is 63.8 Å². The van der Waals surface area contributed by atoms with Gasteiger partial charge in [0.15, 0.2) is 5.82 Å². The van der Waals surface area contributed by atoms with Gasteiger partial charge in [-0.25, -0.2) is 0 Å². The first kappa shape index (κ1) is 11.7. The van der Waals surface area contributed by atoms with Gasteiger partial charge in [-0.1, -0.05) is 18.1 Å². The van der Waals surface area contributed by atoms with Crippen LogP contribution < -0.4 is 5.32 Å². The SMILES string of the molecule is CCC(NC)c1nc(Cc2cccnc2)no1. The van der Waals surface area contributed by atoms with E-state index in [1.807, 2.05) is 25.4 Å². The minimum absolute atomic E-state index is 0.130. The Labute approximate surface area is 100 Å². The number of rotatable bonds is 5. The van der Waals surface area contributed by atoms with E-state index < -0.39 is 0 Å². The zero-order chi connectivity index (χ0) is 12.1. The molecule has 0 bridgehead atoms. The Balaban J connectivity index is 2.08. The highest BCUT2D eigenvalue weighted by atomic mass is 16.5. The van der Waals surface area contributed by atoms with Crippen LogP contribution in [0.5, 0.6) is 0 Å². The fraction of sp³-hybridized carbons (Fsp3) is 0.417. The van der Waals surface area contributed by atoms with E-state index in [1.54, 1.807) is 6.20 Å². The molecule has 2 heterocycles. The summed E-state index contributed by atoms with van der Waals surface area (Å²) in [7, 11) is 1.89. The second-order valence-electron chi connectivity index (χ2n) is 3.84. The van der Waals surface area contributed by atoms with Gasteiger partial charge >= 0.3 is 0 Å². The van der Waals surface area contributed by atoms with Crippen molar-refractivity contribution in [3.8, 4) is 0 Å². The molecule has 5 heteroatoms. The van der Waals surface area contributed by atoms with Gasteiger partial charge in [0.2, 0.25) is 5.89 Å². The van der Waals surface area contributed by atoms with E-state index in [4.69, 9.17) is 4.52 Å². The van der Waals surface area contributed by atoms with Crippen molar-refractivity contribution >= 4 is 0 Å². The molecule has 0 saturated carbocycles. The average molecular weight is 232 g/mol. The Bertz CT molecular complexity index is 451. The van der Waals surface area contributed by atoms with Gasteiger partial charge in [0.1, 0.15) is 0 Å². The van der Waals surface area contributed by atoms with Crippen LogP contribution in [0, 0.1) is 0 Å². The fourth-order valence-corrected chi connectivity index (χ4v) is 1.67. The second-order valence-corrected chi connectivity index (χ2v) is 3.84. The molecule has 0 aliphatic heterocycles. The maximum absolute atomic E-state index is 5.24. The highest BCUT2D eigenvalue weighted by Crippen LogP contribution is 2.14. The Kier molecular flexibility index (Phi) is 3.82. The molecule has 17 heavy (non-hydrogen) atoms. The summed E-state index contributed by atoms with van der Waals surface area (Å²) < 4.78 is 5.24. The lowest BCUT2D eigenvalue weighted by atomic mass is 10.2. The zero-order valence-corrected chi connectivity index (χ0v) is 10.1. The van der Waals surface area contributed by atoms with Crippen molar-refractivity contribution in [2.45, 2.75) is 25.8 Å². The molecule has 1 N–H and O–H groups in total. The van der Waals surface area contributed by atoms with E-state index in [0.717, 1.165) is 12.0 Å². The van der Waals surface area contributed by atoms with Gasteiger partial charge in [0, 0.05) is 18.8 Å². The third kappa shape index (κ3) is 2.88. The van der Waals surface area contributed by atoms with Gasteiger partial charge in [-0.2, -0.15) is 4.98 Å². The third-order valence-electron chi connectivity index (χ3n) is 2.62. The molecule has 0 spiro atoms. The summed E-state index contributed by atoms with van der Waals surface area (Å²) in [6.45, 7) is 2.08. The van der Waals surface area contributed by atoms with Gasteiger partial charge in [-0.15, -0.1) is 0 Å². The number of aromatic nitrogens is 3. The molecule has 0 saturated heterocycles. The number of nitrogens with zero attached hydrogens (tertiary/aromatic N) is 3. The van der Waals surface area contributed by atoms with E-state index in [0.29, 0.717) is 18.1 Å². The van der Waals surface area contributed by atoms with Crippen LogP contribution in [0.3, 0.4) is 0 Å². The van der Waals surface area contributed by atoms with Gasteiger partial charge in [-0.05, 0) is 25.1 Å². The molecular weight excluding hydrogens is 216 g/mol. The molecule has 0 aliphatic carbocycles. The molecule has 1 atom stereocenters. The van der Waals surface area contributed by atoms with E-state index in [9.17, 15) is 0 Å². The van der Waals surface area contributed by atoms with Gasteiger partial charge in [0.05, 0.1) is 6.04 Å². The van der Waals surface area contributed by atoms with E-state index in [2.05, 4.69) is 27.4 Å². The monoisotopic (exact) mass is 232 g/mol. The van der Waals surface area contributed by atoms with Crippen molar-refractivity contribution in [3.05, 3.63) is 41.8 Å². The molecular formula is C12H16N4O. The molecule has 0 fully saturated rings. The first-order valence-electron chi connectivity index (χ1n) is 5.72. The smallest absolute Gasteiger partial charge is 0.243 e. The predicted octanol–water partition coefficient (Wildman–Crippen LogP) is 1.73. The van der Waals surface area contributed by atoms with Crippen molar-refractivity contribution in [3.63, 3.8) is 0 Å². The quantitative estimate of drug-likeness (QED) is 0.850. The molecule has 0 aliphatic rings. The molecule has 2 rings (SSSR count). The summed E-state index contributed by atoms with van der Waals surface area (Å²) in [6, 6.07) is 4.03. The summed E-state index contributed by atoms with van der Waals surface area (Å²) in [5.74, 6) is 1.34. The predicted molar refractivity (Wildman–Crippen MR) is 63.4 cm³/mol. The number of hydrogen-bond donors (Lipinski definition) is 1. The first-order valence-corrected chi connectivity index (χ1v) is 5.72. The van der Waals surface area contributed by atoms with Crippen LogP contribution >= 0.6 is 0 Å². The van der Waals surface area contributed by atoms with Gasteiger partial charge in [-0.3, -0.25) is 4.98 Å². The first-order chi connectivity index (χ1) is 8.33. The van der Waals surface area contributed by atoms with Crippen molar-refractivity contribution < 1.29 is 4.52 Å². The van der Waals surface area contributed by atoms with Crippen molar-refractivity contribution in [1.29, 1.82) is 0 Å². The molecule has 5 nitrogen and oxygen atoms in total. The van der Waals surface area contributed by atoms with Crippen LogP contribution in [-0.2, 0) is 6.42 Å². The van der Waals surface area contributed by atoms with Crippen LogP contribution in [0.1, 0.15) is 36.7 Å². The molecule has 1 unspecified atom stereocenters. The van der Waals surface area contributed by atoms with Gasteiger partial charge in [0.25, 0.3) is 0 Å². The lowest BCUT2D eigenvalue weighted by molar-refractivity contribution is 0.331. The van der Waals surface area contributed by atoms with Crippen molar-refractivity contribution in [2.24, 2.45) is 0 Å². The largest absolute Gasteiger partial charge is 0.338 e. The molecule has 0 amide bonds. The zero-order valence-electron chi connectivity index (χ0n) is 10.1. The average Bonchev–Trinajstić information content (AvgIpc) is 2.81. The lowest BCUT2D eigenvalue weighted by Crippen LogP contribution is -2.15. The fourth-order valence-electron chi connectivity index (χ4n) is 1.67. The summed E-state index contributed by atoms with van der Waals surface area (Å²) in [4.78, 5) is 8.44. The van der Waals surface area contributed by atoms with Gasteiger partial charge < -0.3 is 9.84 Å². The Hall–Kier alpha value is -1.75. The Morgan fingerprint density at radius 3 is 3.00 bits per heavy atom. The normalized spacial score (nSPS) is 12.6. The van der Waals surface area contributed by atoms with E-state index in [-0.39, 0.29) is 6.04 Å². The highest BCUT2D eigenvalue weighted by Gasteiger charge is 2.15. The Morgan fingerprint density at radius 2 is 2.35 bits per heavy atom. The van der Waals surface area contributed by atoms with Crippen molar-refractivity contribution in [2.75, 3.05) is 7.05 Å². The third-order valence-corrected chi connectivity index (χ3v) is 2.62. The van der Waals surface area contributed by atoms with Crippen LogP contribution in [0.2, 0.25) is 0 Å². The minimum Gasteiger partial charge on any atom is -0.338 e. The standard InChI is InChI=1S/C12H16N4O/c1-3-10(13-2)12-15-11(16-17-12)7-9-5-4-6-14-8-9/h4-6,8,10,13H,3,7H2,1-2H3. The Morgan fingerprint density at radius 1 is 1.47 bits per heavy atom. The van der Waals surface area contributed by atoms with Crippen molar-refractivity contribution in [1.82, 2.24) is 20.4 Å². The number of hydrogen-bond acceptors (Lipinski definition) is 5. The lowest BCUT2D eigenvalue weighted by Gasteiger charge is -2.06. The highest BCUT2D eigenvalue weighted by molar-refractivity contribution is 5.13.